The lowest BCUT2D eigenvalue weighted by Crippen LogP contribution is -2.41. The summed E-state index contributed by atoms with van der Waals surface area (Å²) in [6, 6.07) is 17.2. The van der Waals surface area contributed by atoms with E-state index in [9.17, 15) is 4.79 Å². The Hall–Kier alpha value is -4.33. The molecule has 0 saturated heterocycles. The maximum atomic E-state index is 13.8. The fourth-order valence-corrected chi connectivity index (χ4v) is 4.20. The van der Waals surface area contributed by atoms with Gasteiger partial charge in [0.15, 0.2) is 5.69 Å². The summed E-state index contributed by atoms with van der Waals surface area (Å²) in [7, 11) is 0. The molecule has 0 unspecified atom stereocenters. The highest BCUT2D eigenvalue weighted by molar-refractivity contribution is 6.03. The highest BCUT2D eigenvalue weighted by atomic mass is 16.2. The van der Waals surface area contributed by atoms with E-state index < -0.39 is 0 Å². The predicted octanol–water partition coefficient (Wildman–Crippen LogP) is 4.21. The molecule has 0 aliphatic carbocycles. The van der Waals surface area contributed by atoms with E-state index >= 15 is 0 Å². The van der Waals surface area contributed by atoms with E-state index in [0.29, 0.717) is 18.8 Å². The largest absolute Gasteiger partial charge is 0.333 e. The van der Waals surface area contributed by atoms with Gasteiger partial charge in [0.25, 0.3) is 5.91 Å². The lowest BCUT2D eigenvalue weighted by Gasteiger charge is -2.27. The summed E-state index contributed by atoms with van der Waals surface area (Å²) in [5.41, 5.74) is 4.53. The van der Waals surface area contributed by atoms with Crippen molar-refractivity contribution >= 4 is 11.4 Å². The molecular formula is C26H25N7O. The number of fused-ring (bicyclic) bond motifs is 1. The molecule has 0 bridgehead atoms. The number of hydrogen-bond donors (Lipinski definition) is 0. The maximum absolute atomic E-state index is 13.8. The number of hydrogen-bond acceptors (Lipinski definition) is 5. The molecule has 0 aliphatic rings. The highest BCUT2D eigenvalue weighted by Crippen LogP contribution is 2.28. The van der Waals surface area contributed by atoms with Gasteiger partial charge in [-0.1, -0.05) is 18.2 Å². The first-order valence-electron chi connectivity index (χ1n) is 11.3. The first kappa shape index (κ1) is 21.5. The van der Waals surface area contributed by atoms with E-state index in [2.05, 4.69) is 20.2 Å². The molecule has 8 heteroatoms. The first-order chi connectivity index (χ1) is 16.7. The summed E-state index contributed by atoms with van der Waals surface area (Å²) in [5, 5.41) is 9.14. The van der Waals surface area contributed by atoms with Crippen LogP contribution in [0.1, 0.15) is 24.3 Å². The average Bonchev–Trinajstić information content (AvgIpc) is 3.50. The van der Waals surface area contributed by atoms with Crippen LogP contribution in [0.3, 0.4) is 0 Å². The van der Waals surface area contributed by atoms with E-state index in [1.54, 1.807) is 23.1 Å². The minimum Gasteiger partial charge on any atom is -0.333 e. The topological polar surface area (TPSA) is 81.2 Å². The van der Waals surface area contributed by atoms with Crippen LogP contribution in [0.25, 0.3) is 28.0 Å². The number of aromatic nitrogens is 6. The molecule has 170 valence electrons. The molecule has 5 aromatic rings. The Morgan fingerprint density at radius 3 is 2.44 bits per heavy atom. The molecule has 0 aliphatic heterocycles. The lowest BCUT2D eigenvalue weighted by atomic mass is 10.1. The molecular weight excluding hydrogens is 426 g/mol. The Kier molecular flexibility index (Phi) is 5.86. The number of nitrogens with zero attached hydrogens (tertiary/aromatic N) is 7. The van der Waals surface area contributed by atoms with Crippen LogP contribution in [0.5, 0.6) is 0 Å². The Bertz CT molecular complexity index is 1410. The van der Waals surface area contributed by atoms with Gasteiger partial charge in [0, 0.05) is 42.9 Å². The van der Waals surface area contributed by atoms with Gasteiger partial charge in [-0.05, 0) is 50.2 Å². The number of carbonyl (C=O) groups excluding carboxylic acids is 1. The molecule has 0 saturated carbocycles. The highest BCUT2D eigenvalue weighted by Gasteiger charge is 2.28. The van der Waals surface area contributed by atoms with Crippen molar-refractivity contribution in [1.29, 1.82) is 0 Å². The second kappa shape index (κ2) is 9.27. The van der Waals surface area contributed by atoms with Crippen LogP contribution in [-0.4, -0.2) is 52.8 Å². The van der Waals surface area contributed by atoms with Crippen LogP contribution in [-0.2, 0) is 6.54 Å². The Morgan fingerprint density at radius 2 is 1.74 bits per heavy atom. The smallest absolute Gasteiger partial charge is 0.275 e. The van der Waals surface area contributed by atoms with Crippen LogP contribution in [0.2, 0.25) is 0 Å². The van der Waals surface area contributed by atoms with E-state index in [1.165, 1.54) is 0 Å². The van der Waals surface area contributed by atoms with Crippen molar-refractivity contribution in [2.45, 2.75) is 26.4 Å². The number of rotatable bonds is 7. The third-order valence-corrected chi connectivity index (χ3v) is 5.84. The number of likely N-dealkylation sites (N-methyl/N-ethyl adjacent to an activating group) is 1. The van der Waals surface area contributed by atoms with Crippen molar-refractivity contribution in [3.05, 3.63) is 91.3 Å². The van der Waals surface area contributed by atoms with Gasteiger partial charge in [0.2, 0.25) is 0 Å². The molecule has 0 N–H and O–H groups in total. The molecule has 0 radical (unpaired) electrons. The van der Waals surface area contributed by atoms with E-state index in [0.717, 1.165) is 28.0 Å². The van der Waals surface area contributed by atoms with Crippen molar-refractivity contribution in [2.24, 2.45) is 0 Å². The standard InChI is InChI=1S/C26H25N7O/c1-3-32(19(2)17-31-18-20(16-29-31)21-10-4-7-13-27-21)26(34)25-24(22-11-5-8-14-28-22)23-12-6-9-15-33(23)30-25/h4-16,18-19H,3,17H2,1-2H3/t19-/m0/s1. The lowest BCUT2D eigenvalue weighted by molar-refractivity contribution is 0.0679. The molecule has 34 heavy (non-hydrogen) atoms. The number of carbonyl (C=O) groups is 1. The number of pyridine rings is 3. The summed E-state index contributed by atoms with van der Waals surface area (Å²) >= 11 is 0. The quantitative estimate of drug-likeness (QED) is 0.370. The third-order valence-electron chi connectivity index (χ3n) is 5.84. The Labute approximate surface area is 197 Å². The van der Waals surface area contributed by atoms with Crippen LogP contribution in [0.4, 0.5) is 0 Å². The van der Waals surface area contributed by atoms with Gasteiger partial charge in [-0.3, -0.25) is 19.4 Å². The van der Waals surface area contributed by atoms with Gasteiger partial charge in [0.05, 0.1) is 35.2 Å². The molecule has 5 rings (SSSR count). The van der Waals surface area contributed by atoms with Crippen LogP contribution >= 0.6 is 0 Å². The van der Waals surface area contributed by atoms with Crippen LogP contribution < -0.4 is 0 Å². The second-order valence-electron chi connectivity index (χ2n) is 8.08. The molecule has 1 amide bonds. The zero-order valence-electron chi connectivity index (χ0n) is 19.1. The fraction of sp³-hybridized carbons (Fsp3) is 0.192. The van der Waals surface area contributed by atoms with Crippen molar-refractivity contribution < 1.29 is 4.79 Å². The molecule has 0 aromatic carbocycles. The molecule has 5 heterocycles. The summed E-state index contributed by atoms with van der Waals surface area (Å²) < 4.78 is 3.59. The SMILES string of the molecule is CCN(C(=O)c1nn2ccccc2c1-c1ccccn1)[C@@H](C)Cn1cc(-c2ccccn2)cn1. The third kappa shape index (κ3) is 4.05. The zero-order valence-corrected chi connectivity index (χ0v) is 19.1. The van der Waals surface area contributed by atoms with Crippen molar-refractivity contribution in [3.63, 3.8) is 0 Å². The van der Waals surface area contributed by atoms with Gasteiger partial charge in [-0.25, -0.2) is 4.52 Å². The van der Waals surface area contributed by atoms with Crippen molar-refractivity contribution in [1.82, 2.24) is 34.3 Å². The molecule has 8 nitrogen and oxygen atoms in total. The Balaban J connectivity index is 1.44. The summed E-state index contributed by atoms with van der Waals surface area (Å²) in [6.45, 7) is 5.11. The van der Waals surface area contributed by atoms with E-state index in [1.807, 2.05) is 90.4 Å². The van der Waals surface area contributed by atoms with Gasteiger partial charge >= 0.3 is 0 Å². The molecule has 5 aromatic heterocycles. The van der Waals surface area contributed by atoms with Gasteiger partial charge < -0.3 is 4.90 Å². The van der Waals surface area contributed by atoms with E-state index in [4.69, 9.17) is 0 Å². The molecule has 0 spiro atoms. The van der Waals surface area contributed by atoms with Crippen LogP contribution in [0.15, 0.2) is 85.6 Å². The normalized spacial score (nSPS) is 12.1. The molecule has 1 atom stereocenters. The zero-order chi connectivity index (χ0) is 23.5. The Morgan fingerprint density at radius 1 is 1.00 bits per heavy atom. The van der Waals surface area contributed by atoms with E-state index in [-0.39, 0.29) is 11.9 Å². The average molecular weight is 452 g/mol. The van der Waals surface area contributed by atoms with Crippen molar-refractivity contribution in [2.75, 3.05) is 6.54 Å². The maximum Gasteiger partial charge on any atom is 0.275 e. The predicted molar refractivity (Wildman–Crippen MR) is 130 cm³/mol. The molecule has 0 fully saturated rings. The summed E-state index contributed by atoms with van der Waals surface area (Å²) in [5.74, 6) is -0.128. The number of amides is 1. The second-order valence-corrected chi connectivity index (χ2v) is 8.08. The minimum atomic E-state index is -0.128. The fourth-order valence-electron chi connectivity index (χ4n) is 4.20. The van der Waals surface area contributed by atoms with Crippen LogP contribution in [0, 0.1) is 0 Å². The summed E-state index contributed by atoms with van der Waals surface area (Å²) in [4.78, 5) is 24.5. The minimum absolute atomic E-state index is 0.102. The van der Waals surface area contributed by atoms with Gasteiger partial charge in [0.1, 0.15) is 0 Å². The summed E-state index contributed by atoms with van der Waals surface area (Å²) in [6.07, 6.45) is 9.10. The van der Waals surface area contributed by atoms with Gasteiger partial charge in [-0.15, -0.1) is 0 Å². The van der Waals surface area contributed by atoms with Crippen molar-refractivity contribution in [3.8, 4) is 22.5 Å². The monoisotopic (exact) mass is 451 g/mol. The van der Waals surface area contributed by atoms with Gasteiger partial charge in [-0.2, -0.15) is 10.2 Å². The first-order valence-corrected chi connectivity index (χ1v) is 11.3.